The number of methoxy groups -OCH3 is 4. The molecular formula is C45H52N4O10. The van der Waals surface area contributed by atoms with Crippen LogP contribution in [0.1, 0.15) is 110 Å². The SMILES string of the molecule is CCOC(=O)C=Cc1c2nc(cc3[nH]c(cc4nc(cc5[nH]c1c(CCC(=O)OC)c5C)C(CCC(=O)OC)=C4C)c(CCC(=O)OC)c3C)C(CCC(=O)OC)=C2C. The van der Waals surface area contributed by atoms with Gasteiger partial charge in [-0.3, -0.25) is 19.2 Å². The highest BCUT2D eigenvalue weighted by molar-refractivity contribution is 6.00. The second kappa shape index (κ2) is 19.4. The van der Waals surface area contributed by atoms with Crippen LogP contribution in [-0.4, -0.2) is 84.8 Å². The Morgan fingerprint density at radius 3 is 1.63 bits per heavy atom. The molecule has 59 heavy (non-hydrogen) atoms. The van der Waals surface area contributed by atoms with Crippen molar-refractivity contribution in [2.45, 2.75) is 86.0 Å². The smallest absolute Gasteiger partial charge is 0.330 e. The van der Waals surface area contributed by atoms with E-state index in [1.807, 2.05) is 45.9 Å². The summed E-state index contributed by atoms with van der Waals surface area (Å²) in [4.78, 5) is 80.3. The Balaban J connectivity index is 2.00. The van der Waals surface area contributed by atoms with E-state index in [9.17, 15) is 24.0 Å². The number of hydrogen-bond donors (Lipinski definition) is 2. The van der Waals surface area contributed by atoms with Gasteiger partial charge in [-0.25, -0.2) is 14.8 Å². The van der Waals surface area contributed by atoms with Crippen LogP contribution in [-0.2, 0) is 60.5 Å². The van der Waals surface area contributed by atoms with Crippen molar-refractivity contribution in [2.75, 3.05) is 35.0 Å². The number of carbonyl (C=O) groups excluding carboxylic acids is 5. The summed E-state index contributed by atoms with van der Waals surface area (Å²) in [6, 6.07) is 5.79. The quantitative estimate of drug-likeness (QED) is 0.0876. The number of aryl methyl sites for hydroxylation is 4. The predicted molar refractivity (Wildman–Crippen MR) is 224 cm³/mol. The number of esters is 5. The zero-order valence-electron chi connectivity index (χ0n) is 35.2. The molecule has 0 amide bonds. The van der Waals surface area contributed by atoms with Gasteiger partial charge in [-0.15, -0.1) is 0 Å². The highest BCUT2D eigenvalue weighted by atomic mass is 16.5. The Morgan fingerprint density at radius 1 is 0.593 bits per heavy atom. The van der Waals surface area contributed by atoms with Gasteiger partial charge in [0.15, 0.2) is 0 Å². The van der Waals surface area contributed by atoms with Gasteiger partial charge in [-0.2, -0.15) is 0 Å². The third-order valence-corrected chi connectivity index (χ3v) is 10.9. The summed E-state index contributed by atoms with van der Waals surface area (Å²) < 4.78 is 25.3. The Bertz CT molecular complexity index is 2450. The van der Waals surface area contributed by atoms with Gasteiger partial charge in [0.1, 0.15) is 0 Å². The monoisotopic (exact) mass is 808 g/mol. The second-order valence-corrected chi connectivity index (χ2v) is 14.2. The summed E-state index contributed by atoms with van der Waals surface area (Å²) >= 11 is 0. The molecule has 2 N–H and O–H groups in total. The Morgan fingerprint density at radius 2 is 1.07 bits per heavy atom. The van der Waals surface area contributed by atoms with Crippen molar-refractivity contribution < 1.29 is 47.7 Å². The van der Waals surface area contributed by atoms with Crippen LogP contribution in [0, 0.1) is 13.8 Å². The minimum atomic E-state index is -0.551. The lowest BCUT2D eigenvalue weighted by atomic mass is 9.97. The van der Waals surface area contributed by atoms with E-state index in [1.54, 1.807) is 13.0 Å². The molecule has 0 atom stereocenters. The van der Waals surface area contributed by atoms with E-state index < -0.39 is 11.9 Å². The molecular weight excluding hydrogens is 757 g/mol. The third kappa shape index (κ3) is 9.87. The molecule has 8 bridgehead atoms. The molecule has 0 aliphatic carbocycles. The number of aromatic nitrogens is 4. The van der Waals surface area contributed by atoms with Crippen LogP contribution >= 0.6 is 0 Å². The van der Waals surface area contributed by atoms with Crippen LogP contribution in [0.3, 0.4) is 0 Å². The standard InChI is InChI=1S/C45H52N4O10/c1-10-59-43(54)20-15-32-44-27(5)30(13-18-41(52)57-8)38(49-44)22-34-25(3)28(11-16-39(50)55-6)36(47-34)21-33-24(2)29(12-17-40(51)56-7)37(46-33)23-35-26(4)31(45(32)48-35)14-19-42(53)58-9/h15,20-23,47-48H,10-14,16-19H2,1-9H3. The van der Waals surface area contributed by atoms with Gasteiger partial charge in [0.25, 0.3) is 0 Å². The lowest BCUT2D eigenvalue weighted by molar-refractivity contribution is -0.141. The number of hydrogen-bond acceptors (Lipinski definition) is 12. The first kappa shape index (κ1) is 43.8. The molecule has 2 aliphatic rings. The first-order chi connectivity index (χ1) is 28.2. The van der Waals surface area contributed by atoms with Crippen molar-refractivity contribution in [2.24, 2.45) is 0 Å². The predicted octanol–water partition coefficient (Wildman–Crippen LogP) is 7.49. The molecule has 0 radical (unpaired) electrons. The first-order valence-corrected chi connectivity index (χ1v) is 19.5. The third-order valence-electron chi connectivity index (χ3n) is 10.9. The van der Waals surface area contributed by atoms with Crippen LogP contribution in [0.5, 0.6) is 0 Å². The van der Waals surface area contributed by atoms with Gasteiger partial charge in [0.05, 0.1) is 63.3 Å². The number of nitrogens with zero attached hydrogens (tertiary/aromatic N) is 2. The molecule has 2 aliphatic heterocycles. The Kier molecular flexibility index (Phi) is 14.4. The maximum atomic E-state index is 12.9. The highest BCUT2D eigenvalue weighted by Crippen LogP contribution is 2.39. The molecule has 14 nitrogen and oxygen atoms in total. The van der Waals surface area contributed by atoms with Gasteiger partial charge < -0.3 is 33.7 Å². The largest absolute Gasteiger partial charge is 0.469 e. The summed E-state index contributed by atoms with van der Waals surface area (Å²) in [5, 5.41) is 0. The molecule has 0 fully saturated rings. The molecule has 0 saturated heterocycles. The average molecular weight is 809 g/mol. The summed E-state index contributed by atoms with van der Waals surface area (Å²) in [7, 11) is 5.40. The number of allylic oxidation sites excluding steroid dienone is 4. The summed E-state index contributed by atoms with van der Waals surface area (Å²) in [6.45, 7) is 9.69. The molecule has 3 aromatic heterocycles. The van der Waals surface area contributed by atoms with E-state index in [0.717, 1.165) is 55.6 Å². The maximum absolute atomic E-state index is 12.9. The molecule has 0 aromatic carbocycles. The average Bonchev–Trinajstić information content (AvgIpc) is 3.90. The van der Waals surface area contributed by atoms with E-state index in [0.29, 0.717) is 65.1 Å². The molecule has 312 valence electrons. The van der Waals surface area contributed by atoms with Crippen molar-refractivity contribution in [3.8, 4) is 0 Å². The topological polar surface area (TPSA) is 189 Å². The maximum Gasteiger partial charge on any atom is 0.330 e. The van der Waals surface area contributed by atoms with Crippen molar-refractivity contribution in [1.82, 2.24) is 19.9 Å². The molecule has 5 heterocycles. The minimum Gasteiger partial charge on any atom is -0.469 e. The minimum absolute atomic E-state index is 0.0804. The number of aromatic amines is 2. The van der Waals surface area contributed by atoms with E-state index in [-0.39, 0.29) is 50.2 Å². The highest BCUT2D eigenvalue weighted by Gasteiger charge is 2.25. The van der Waals surface area contributed by atoms with E-state index >= 15 is 0 Å². The van der Waals surface area contributed by atoms with Gasteiger partial charge >= 0.3 is 29.8 Å². The van der Waals surface area contributed by atoms with Crippen LogP contribution in [0.2, 0.25) is 0 Å². The van der Waals surface area contributed by atoms with Crippen molar-refractivity contribution in [3.05, 3.63) is 74.9 Å². The molecule has 5 rings (SSSR count). The number of ether oxygens (including phenoxy) is 5. The molecule has 3 aromatic rings. The number of rotatable bonds is 15. The lowest BCUT2D eigenvalue weighted by Crippen LogP contribution is -2.03. The van der Waals surface area contributed by atoms with E-state index in [4.69, 9.17) is 33.7 Å². The van der Waals surface area contributed by atoms with Gasteiger partial charge in [-0.1, -0.05) is 0 Å². The number of H-pyrrole nitrogens is 2. The van der Waals surface area contributed by atoms with Crippen LogP contribution < -0.4 is 0 Å². The summed E-state index contributed by atoms with van der Waals surface area (Å²) in [5.74, 6) is -2.03. The fourth-order valence-corrected chi connectivity index (χ4v) is 7.47. The summed E-state index contributed by atoms with van der Waals surface area (Å²) in [5.41, 5.74) is 12.4. The number of carbonyl (C=O) groups is 5. The second-order valence-electron chi connectivity index (χ2n) is 14.2. The van der Waals surface area contributed by atoms with Crippen molar-refractivity contribution in [1.29, 1.82) is 0 Å². The van der Waals surface area contributed by atoms with Crippen molar-refractivity contribution >= 4 is 80.3 Å². The Labute approximate surface area is 343 Å². The van der Waals surface area contributed by atoms with Gasteiger partial charge in [-0.05, 0) is 129 Å². The number of nitrogens with one attached hydrogen (secondary N) is 2. The lowest BCUT2D eigenvalue weighted by Gasteiger charge is -2.07. The van der Waals surface area contributed by atoms with E-state index in [1.165, 1.54) is 34.5 Å². The van der Waals surface area contributed by atoms with Crippen LogP contribution in [0.4, 0.5) is 0 Å². The van der Waals surface area contributed by atoms with Crippen LogP contribution in [0.25, 0.3) is 50.4 Å². The molecule has 0 saturated carbocycles. The fraction of sp³-hybridized carbons (Fsp3) is 0.400. The molecule has 14 heteroatoms. The van der Waals surface area contributed by atoms with Crippen molar-refractivity contribution in [3.63, 3.8) is 0 Å². The number of fused-ring (bicyclic) bond motifs is 8. The first-order valence-electron chi connectivity index (χ1n) is 19.5. The summed E-state index contributed by atoms with van der Waals surface area (Å²) in [6.07, 6.45) is 4.80. The normalized spacial score (nSPS) is 12.6. The molecule has 0 unspecified atom stereocenters. The molecule has 0 spiro atoms. The zero-order chi connectivity index (χ0) is 43.0. The van der Waals surface area contributed by atoms with Gasteiger partial charge in [0, 0.05) is 53.9 Å². The Hall–Kier alpha value is -6.31. The van der Waals surface area contributed by atoms with Crippen LogP contribution in [0.15, 0.2) is 24.3 Å². The zero-order valence-corrected chi connectivity index (χ0v) is 35.2. The fourth-order valence-electron chi connectivity index (χ4n) is 7.47. The van der Waals surface area contributed by atoms with Gasteiger partial charge in [0.2, 0.25) is 0 Å². The van der Waals surface area contributed by atoms with E-state index in [2.05, 4.69) is 9.97 Å².